The van der Waals surface area contributed by atoms with Gasteiger partial charge in [0.25, 0.3) is 0 Å². The van der Waals surface area contributed by atoms with Crippen LogP contribution in [0.4, 0.5) is 10.5 Å². The van der Waals surface area contributed by atoms with Crippen molar-refractivity contribution in [3.05, 3.63) is 66.2 Å². The number of nitrogens with zero attached hydrogens (tertiary/aromatic N) is 1. The molecule has 126 valence electrons. The second-order valence-corrected chi connectivity index (χ2v) is 5.40. The Morgan fingerprint density at radius 2 is 1.62 bits per heavy atom. The summed E-state index contributed by atoms with van der Waals surface area (Å²) in [7, 11) is 1.34. The van der Waals surface area contributed by atoms with Crippen molar-refractivity contribution in [2.45, 2.75) is 19.4 Å². The molecule has 0 aliphatic carbocycles. The normalized spacial score (nSPS) is 11.4. The number of rotatable bonds is 6. The summed E-state index contributed by atoms with van der Waals surface area (Å²) in [6.07, 6.45) is 0.149. The Bertz CT molecular complexity index is 659. The van der Waals surface area contributed by atoms with Gasteiger partial charge in [0.15, 0.2) is 0 Å². The van der Waals surface area contributed by atoms with Gasteiger partial charge in [-0.2, -0.15) is 0 Å². The fourth-order valence-electron chi connectivity index (χ4n) is 2.41. The van der Waals surface area contributed by atoms with E-state index >= 15 is 0 Å². The van der Waals surface area contributed by atoms with Crippen molar-refractivity contribution in [3.63, 3.8) is 0 Å². The zero-order valence-electron chi connectivity index (χ0n) is 13.9. The van der Waals surface area contributed by atoms with E-state index in [4.69, 9.17) is 0 Å². The summed E-state index contributed by atoms with van der Waals surface area (Å²) in [5, 5.41) is 2.87. The number of anilines is 1. The fraction of sp³-hybridized carbons (Fsp3) is 0.263. The average molecular weight is 326 g/mol. The molecule has 0 fully saturated rings. The van der Waals surface area contributed by atoms with Gasteiger partial charge in [-0.1, -0.05) is 48.5 Å². The lowest BCUT2D eigenvalue weighted by atomic mass is 10.1. The van der Waals surface area contributed by atoms with Crippen LogP contribution in [0.25, 0.3) is 0 Å². The molecule has 0 heterocycles. The molecule has 0 saturated heterocycles. The fourth-order valence-corrected chi connectivity index (χ4v) is 2.41. The molecule has 1 atom stereocenters. The average Bonchev–Trinajstić information content (AvgIpc) is 2.63. The Morgan fingerprint density at radius 3 is 2.21 bits per heavy atom. The van der Waals surface area contributed by atoms with E-state index in [-0.39, 0.29) is 31.0 Å². The van der Waals surface area contributed by atoms with Gasteiger partial charge in [0.1, 0.15) is 0 Å². The van der Waals surface area contributed by atoms with Crippen LogP contribution in [-0.4, -0.2) is 30.6 Å². The second kappa shape index (κ2) is 8.72. The van der Waals surface area contributed by atoms with Crippen LogP contribution in [0.3, 0.4) is 0 Å². The molecule has 5 nitrogen and oxygen atoms in total. The van der Waals surface area contributed by atoms with Crippen LogP contribution in [0.1, 0.15) is 24.9 Å². The monoisotopic (exact) mass is 326 g/mol. The van der Waals surface area contributed by atoms with Gasteiger partial charge >= 0.3 is 12.0 Å². The Labute approximate surface area is 142 Å². The van der Waals surface area contributed by atoms with Crippen molar-refractivity contribution in [2.24, 2.45) is 0 Å². The minimum Gasteiger partial charge on any atom is -0.469 e. The van der Waals surface area contributed by atoms with E-state index in [2.05, 4.69) is 10.1 Å². The number of methoxy groups -OCH3 is 1. The number of esters is 1. The zero-order valence-corrected chi connectivity index (χ0v) is 13.9. The standard InChI is InChI=1S/C19H22N2O3/c1-15(16-9-5-3-6-10-16)21(14-13-18(22)24-2)19(23)20-17-11-7-4-8-12-17/h3-12,15H,13-14H2,1-2H3,(H,20,23). The quantitative estimate of drug-likeness (QED) is 0.820. The third kappa shape index (κ3) is 4.84. The van der Waals surface area contributed by atoms with Gasteiger partial charge in [0.05, 0.1) is 19.6 Å². The van der Waals surface area contributed by atoms with E-state index in [1.807, 2.05) is 67.6 Å². The maximum absolute atomic E-state index is 12.7. The largest absolute Gasteiger partial charge is 0.469 e. The van der Waals surface area contributed by atoms with Gasteiger partial charge in [0, 0.05) is 12.2 Å². The van der Waals surface area contributed by atoms with Crippen molar-refractivity contribution in [3.8, 4) is 0 Å². The highest BCUT2D eigenvalue weighted by atomic mass is 16.5. The molecule has 5 heteroatoms. The number of ether oxygens (including phenoxy) is 1. The van der Waals surface area contributed by atoms with E-state index < -0.39 is 0 Å². The maximum Gasteiger partial charge on any atom is 0.322 e. The topological polar surface area (TPSA) is 58.6 Å². The lowest BCUT2D eigenvalue weighted by Crippen LogP contribution is -2.38. The van der Waals surface area contributed by atoms with E-state index in [0.29, 0.717) is 5.69 Å². The summed E-state index contributed by atoms with van der Waals surface area (Å²) in [5.41, 5.74) is 1.72. The molecule has 0 aromatic heterocycles. The summed E-state index contributed by atoms with van der Waals surface area (Å²) < 4.78 is 4.69. The van der Waals surface area contributed by atoms with Crippen LogP contribution < -0.4 is 5.32 Å². The van der Waals surface area contributed by atoms with Crippen LogP contribution in [0.2, 0.25) is 0 Å². The number of carbonyl (C=O) groups is 2. The van der Waals surface area contributed by atoms with Crippen molar-refractivity contribution in [1.29, 1.82) is 0 Å². The Hall–Kier alpha value is -2.82. The zero-order chi connectivity index (χ0) is 17.4. The second-order valence-electron chi connectivity index (χ2n) is 5.40. The van der Waals surface area contributed by atoms with Gasteiger partial charge in [0.2, 0.25) is 0 Å². The minimum absolute atomic E-state index is 0.149. The number of nitrogens with one attached hydrogen (secondary N) is 1. The van der Waals surface area contributed by atoms with Gasteiger partial charge in [-0.15, -0.1) is 0 Å². The first kappa shape index (κ1) is 17.5. The highest BCUT2D eigenvalue weighted by Crippen LogP contribution is 2.21. The molecular weight excluding hydrogens is 304 g/mol. The van der Waals surface area contributed by atoms with E-state index in [1.54, 1.807) is 4.90 Å². The molecule has 2 aromatic carbocycles. The molecule has 1 unspecified atom stereocenters. The SMILES string of the molecule is COC(=O)CCN(C(=O)Nc1ccccc1)C(C)c1ccccc1. The Morgan fingerprint density at radius 1 is 1.04 bits per heavy atom. The van der Waals surface area contributed by atoms with Crippen molar-refractivity contribution in [2.75, 3.05) is 19.0 Å². The summed E-state index contributed by atoms with van der Waals surface area (Å²) in [4.78, 5) is 25.8. The van der Waals surface area contributed by atoms with Crippen LogP contribution in [0.5, 0.6) is 0 Å². The van der Waals surface area contributed by atoms with Crippen LogP contribution in [0, 0.1) is 0 Å². The van der Waals surface area contributed by atoms with Gasteiger partial charge in [-0.3, -0.25) is 4.79 Å². The highest BCUT2D eigenvalue weighted by Gasteiger charge is 2.22. The summed E-state index contributed by atoms with van der Waals surface area (Å²) in [6, 6.07) is 18.5. The smallest absolute Gasteiger partial charge is 0.322 e. The number of amides is 2. The van der Waals surface area contributed by atoms with Gasteiger partial charge in [-0.05, 0) is 24.6 Å². The summed E-state index contributed by atoms with van der Waals surface area (Å²) in [6.45, 7) is 2.22. The van der Waals surface area contributed by atoms with Crippen molar-refractivity contribution < 1.29 is 14.3 Å². The molecule has 2 aromatic rings. The van der Waals surface area contributed by atoms with Crippen LogP contribution in [-0.2, 0) is 9.53 Å². The number of hydrogen-bond donors (Lipinski definition) is 1. The van der Waals surface area contributed by atoms with E-state index in [1.165, 1.54) is 7.11 Å². The molecule has 0 aliphatic heterocycles. The minimum atomic E-state index is -0.340. The number of urea groups is 1. The molecule has 0 aliphatic rings. The lowest BCUT2D eigenvalue weighted by molar-refractivity contribution is -0.140. The molecule has 24 heavy (non-hydrogen) atoms. The Kier molecular flexibility index (Phi) is 6.37. The molecule has 0 bridgehead atoms. The molecular formula is C19H22N2O3. The highest BCUT2D eigenvalue weighted by molar-refractivity contribution is 5.89. The third-order valence-electron chi connectivity index (χ3n) is 3.82. The van der Waals surface area contributed by atoms with Crippen molar-refractivity contribution in [1.82, 2.24) is 4.90 Å². The van der Waals surface area contributed by atoms with E-state index in [9.17, 15) is 9.59 Å². The Balaban J connectivity index is 2.15. The molecule has 2 amide bonds. The summed E-state index contributed by atoms with van der Waals surface area (Å²) >= 11 is 0. The third-order valence-corrected chi connectivity index (χ3v) is 3.82. The number of carbonyl (C=O) groups excluding carboxylic acids is 2. The predicted octanol–water partition coefficient (Wildman–Crippen LogP) is 3.84. The van der Waals surface area contributed by atoms with Crippen LogP contribution in [0.15, 0.2) is 60.7 Å². The number of para-hydroxylation sites is 1. The molecule has 1 N–H and O–H groups in total. The van der Waals surface area contributed by atoms with E-state index in [0.717, 1.165) is 5.56 Å². The molecule has 2 rings (SSSR count). The molecule has 0 spiro atoms. The maximum atomic E-state index is 12.7. The van der Waals surface area contributed by atoms with Gasteiger partial charge < -0.3 is 15.0 Å². The first-order chi connectivity index (χ1) is 11.6. The molecule has 0 saturated carbocycles. The van der Waals surface area contributed by atoms with Crippen LogP contribution >= 0.6 is 0 Å². The number of benzene rings is 2. The lowest BCUT2D eigenvalue weighted by Gasteiger charge is -2.29. The first-order valence-electron chi connectivity index (χ1n) is 7.86. The predicted molar refractivity (Wildman–Crippen MR) is 93.7 cm³/mol. The van der Waals surface area contributed by atoms with Gasteiger partial charge in [-0.25, -0.2) is 4.79 Å². The molecule has 0 radical (unpaired) electrons. The number of hydrogen-bond acceptors (Lipinski definition) is 3. The van der Waals surface area contributed by atoms with Crippen molar-refractivity contribution >= 4 is 17.7 Å². The summed E-state index contributed by atoms with van der Waals surface area (Å²) in [5.74, 6) is -0.340. The first-order valence-corrected chi connectivity index (χ1v) is 7.86.